The molecular weight excluding hydrogens is 530 g/mol. The van der Waals surface area contributed by atoms with Crippen molar-refractivity contribution in [3.63, 3.8) is 0 Å². The van der Waals surface area contributed by atoms with Crippen molar-refractivity contribution < 1.29 is 32.7 Å². The summed E-state index contributed by atoms with van der Waals surface area (Å²) in [7, 11) is 0. The summed E-state index contributed by atoms with van der Waals surface area (Å²) in [6.07, 6.45) is 0.125. The lowest BCUT2D eigenvalue weighted by Crippen LogP contribution is -2.31. The number of aliphatic hydroxyl groups excluding tert-OH is 1. The van der Waals surface area contributed by atoms with Crippen LogP contribution in [0.15, 0.2) is 24.3 Å². The van der Waals surface area contributed by atoms with Crippen LogP contribution in [0, 0.1) is 21.0 Å². The molecule has 7 nitrogen and oxygen atoms in total. The number of rotatable bonds is 8. The number of nitrogens with one attached hydrogen (secondary N) is 3. The number of carbonyl (C=O) groups is 2. The van der Waals surface area contributed by atoms with Crippen LogP contribution in [0.4, 0.5) is 24.5 Å². The number of hydrogen-bond acceptors (Lipinski definition) is 6. The number of anilines is 2. The summed E-state index contributed by atoms with van der Waals surface area (Å²) in [5.74, 6) is -4.44. The zero-order valence-corrected chi connectivity index (χ0v) is 18.3. The molecule has 2 aromatic carbocycles. The molecule has 0 aromatic heterocycles. The summed E-state index contributed by atoms with van der Waals surface area (Å²) < 4.78 is 44.7. The standard InChI is InChI=1S/C20H19F3IN3O4/c21-13-9-11(24)1-2-14(13)26-19-12(20(30)27-31-6-5-28)7-10(17(22)18(19)23)8-15-16(29)3-4-25-15/h1-2,7,9,15,25-26,28H,3-6,8H2,(H,27,30). The maximum absolute atomic E-state index is 15.0. The van der Waals surface area contributed by atoms with Crippen LogP contribution in [0.2, 0.25) is 0 Å². The predicted octanol–water partition coefficient (Wildman–Crippen LogP) is 2.58. The van der Waals surface area contributed by atoms with Gasteiger partial charge in [-0.2, -0.15) is 0 Å². The second kappa shape index (κ2) is 10.4. The van der Waals surface area contributed by atoms with Crippen molar-refractivity contribution in [1.82, 2.24) is 10.8 Å². The van der Waals surface area contributed by atoms with Crippen molar-refractivity contribution in [2.45, 2.75) is 18.9 Å². The van der Waals surface area contributed by atoms with Crippen LogP contribution in [-0.4, -0.2) is 42.6 Å². The fourth-order valence-electron chi connectivity index (χ4n) is 3.13. The smallest absolute Gasteiger partial charge is 0.277 e. The number of hydroxylamine groups is 1. The van der Waals surface area contributed by atoms with E-state index < -0.39 is 35.1 Å². The summed E-state index contributed by atoms with van der Waals surface area (Å²) in [6.45, 7) is -0.170. The first kappa shape index (κ1) is 23.4. The van der Waals surface area contributed by atoms with Gasteiger partial charge in [-0.1, -0.05) is 0 Å². The van der Waals surface area contributed by atoms with E-state index in [1.807, 2.05) is 28.1 Å². The number of hydrogen-bond donors (Lipinski definition) is 4. The van der Waals surface area contributed by atoms with Crippen molar-refractivity contribution in [2.75, 3.05) is 25.1 Å². The van der Waals surface area contributed by atoms with Gasteiger partial charge in [-0.25, -0.2) is 18.7 Å². The van der Waals surface area contributed by atoms with E-state index in [4.69, 9.17) is 9.94 Å². The highest BCUT2D eigenvalue weighted by molar-refractivity contribution is 14.1. The van der Waals surface area contributed by atoms with Gasteiger partial charge in [-0.3, -0.25) is 14.4 Å². The lowest BCUT2D eigenvalue weighted by molar-refractivity contribution is -0.118. The third-order valence-corrected chi connectivity index (χ3v) is 5.32. The zero-order chi connectivity index (χ0) is 22.5. The van der Waals surface area contributed by atoms with Gasteiger partial charge in [0.15, 0.2) is 17.4 Å². The third kappa shape index (κ3) is 5.53. The van der Waals surface area contributed by atoms with Crippen LogP contribution < -0.4 is 16.1 Å². The fraction of sp³-hybridized carbons (Fsp3) is 0.300. The summed E-state index contributed by atoms with van der Waals surface area (Å²) in [5.41, 5.74) is 0.732. The Kier molecular flexibility index (Phi) is 7.86. The lowest BCUT2D eigenvalue weighted by atomic mass is 9.99. The van der Waals surface area contributed by atoms with Gasteiger partial charge in [-0.15, -0.1) is 0 Å². The van der Waals surface area contributed by atoms with Crippen molar-refractivity contribution in [3.8, 4) is 0 Å². The highest BCUT2D eigenvalue weighted by Gasteiger charge is 2.29. The van der Waals surface area contributed by atoms with Crippen LogP contribution in [0.5, 0.6) is 0 Å². The molecule has 1 unspecified atom stereocenters. The molecule has 0 radical (unpaired) electrons. The van der Waals surface area contributed by atoms with Gasteiger partial charge < -0.3 is 15.7 Å². The Hall–Kier alpha value is -2.22. The van der Waals surface area contributed by atoms with Gasteiger partial charge in [0, 0.05) is 16.5 Å². The van der Waals surface area contributed by atoms with Crippen LogP contribution in [0.1, 0.15) is 22.3 Å². The van der Waals surface area contributed by atoms with Gasteiger partial charge in [0.1, 0.15) is 5.82 Å². The first-order valence-corrected chi connectivity index (χ1v) is 10.4. The average Bonchev–Trinajstić information content (AvgIpc) is 3.13. The number of carbonyl (C=O) groups excluding carboxylic acids is 2. The van der Waals surface area contributed by atoms with Gasteiger partial charge >= 0.3 is 0 Å². The van der Waals surface area contributed by atoms with E-state index in [1.165, 1.54) is 12.1 Å². The molecule has 1 fully saturated rings. The molecule has 2 aromatic rings. The summed E-state index contributed by atoms with van der Waals surface area (Å²) >= 11 is 1.89. The Morgan fingerprint density at radius 3 is 2.68 bits per heavy atom. The van der Waals surface area contributed by atoms with E-state index in [9.17, 15) is 18.4 Å². The minimum atomic E-state index is -1.40. The lowest BCUT2D eigenvalue weighted by Gasteiger charge is -2.18. The Bertz CT molecular complexity index is 1010. The van der Waals surface area contributed by atoms with Gasteiger partial charge in [0.05, 0.1) is 36.2 Å². The van der Waals surface area contributed by atoms with Crippen molar-refractivity contribution in [1.29, 1.82) is 0 Å². The van der Waals surface area contributed by atoms with E-state index in [1.54, 1.807) is 6.07 Å². The Labute approximate surface area is 189 Å². The second-order valence-corrected chi connectivity index (χ2v) is 8.01. The molecule has 3 rings (SSSR count). The Morgan fingerprint density at radius 1 is 1.26 bits per heavy atom. The van der Waals surface area contributed by atoms with Crippen LogP contribution in [-0.2, 0) is 16.1 Å². The number of benzene rings is 2. The van der Waals surface area contributed by atoms with Gasteiger partial charge in [0.25, 0.3) is 5.91 Å². The van der Waals surface area contributed by atoms with E-state index in [-0.39, 0.29) is 48.7 Å². The average molecular weight is 549 g/mol. The maximum atomic E-state index is 15.0. The van der Waals surface area contributed by atoms with Gasteiger partial charge in [-0.05, 0) is 58.8 Å². The fourth-order valence-corrected chi connectivity index (χ4v) is 3.59. The topological polar surface area (TPSA) is 99.7 Å². The molecular formula is C20H19F3IN3O4. The van der Waals surface area contributed by atoms with Crippen LogP contribution in [0.25, 0.3) is 0 Å². The first-order chi connectivity index (χ1) is 14.8. The summed E-state index contributed by atoms with van der Waals surface area (Å²) in [4.78, 5) is 29.2. The van der Waals surface area contributed by atoms with Crippen molar-refractivity contribution in [3.05, 3.63) is 56.4 Å². The molecule has 0 aliphatic carbocycles. The monoisotopic (exact) mass is 549 g/mol. The van der Waals surface area contributed by atoms with Crippen molar-refractivity contribution >= 4 is 45.7 Å². The quantitative estimate of drug-likeness (QED) is 0.230. The largest absolute Gasteiger partial charge is 0.394 e. The number of amides is 1. The molecule has 1 amide bonds. The molecule has 1 saturated heterocycles. The maximum Gasteiger partial charge on any atom is 0.277 e. The molecule has 0 bridgehead atoms. The normalized spacial score (nSPS) is 15.9. The summed E-state index contributed by atoms with van der Waals surface area (Å²) in [6, 6.07) is 4.47. The molecule has 166 valence electrons. The Morgan fingerprint density at radius 2 is 2.03 bits per heavy atom. The van der Waals surface area contributed by atoms with E-state index >= 15 is 4.39 Å². The second-order valence-electron chi connectivity index (χ2n) is 6.77. The highest BCUT2D eigenvalue weighted by atomic mass is 127. The number of halogens is 4. The molecule has 1 aliphatic heterocycles. The van der Waals surface area contributed by atoms with Crippen molar-refractivity contribution in [2.24, 2.45) is 0 Å². The number of ketones is 1. The number of Topliss-reactive ketones (excluding diaryl/α,β-unsaturated/α-hetero) is 1. The molecule has 1 aliphatic rings. The molecule has 31 heavy (non-hydrogen) atoms. The predicted molar refractivity (Wildman–Crippen MR) is 114 cm³/mol. The third-order valence-electron chi connectivity index (χ3n) is 4.65. The summed E-state index contributed by atoms with van der Waals surface area (Å²) in [5, 5.41) is 14.1. The van der Waals surface area contributed by atoms with E-state index in [0.717, 1.165) is 6.07 Å². The highest BCUT2D eigenvalue weighted by Crippen LogP contribution is 2.31. The minimum absolute atomic E-state index is 0.139. The van der Waals surface area contributed by atoms with Crippen LogP contribution in [0.3, 0.4) is 0 Å². The SMILES string of the molecule is O=C(NOCCO)c1cc(CC2NCCC2=O)c(F)c(F)c1Nc1ccc(I)cc1F. The molecule has 0 spiro atoms. The van der Waals surface area contributed by atoms with Crippen LogP contribution >= 0.6 is 22.6 Å². The molecule has 1 atom stereocenters. The first-order valence-electron chi connectivity index (χ1n) is 9.33. The molecule has 11 heteroatoms. The van der Waals surface area contributed by atoms with Gasteiger partial charge in [0.2, 0.25) is 0 Å². The Balaban J connectivity index is 2.01. The minimum Gasteiger partial charge on any atom is -0.394 e. The number of aliphatic hydroxyl groups is 1. The zero-order valence-electron chi connectivity index (χ0n) is 16.1. The molecule has 0 saturated carbocycles. The van der Waals surface area contributed by atoms with E-state index in [2.05, 4.69) is 10.6 Å². The molecule has 1 heterocycles. The van der Waals surface area contributed by atoms with E-state index in [0.29, 0.717) is 10.1 Å². The molecule has 4 N–H and O–H groups in total.